The Balaban J connectivity index is 2.03. The average molecular weight is 367 g/mol. The zero-order chi connectivity index (χ0) is 19.8. The molecule has 0 fully saturated rings. The number of hydrogen-bond donors (Lipinski definition) is 1. The Morgan fingerprint density at radius 2 is 1.63 bits per heavy atom. The van der Waals surface area contributed by atoms with Gasteiger partial charge in [0.2, 0.25) is 0 Å². The highest BCUT2D eigenvalue weighted by atomic mass is 16.5. The molecule has 2 unspecified atom stereocenters. The van der Waals surface area contributed by atoms with Crippen molar-refractivity contribution in [2.24, 2.45) is 5.92 Å². The summed E-state index contributed by atoms with van der Waals surface area (Å²) in [6.07, 6.45) is 0.812. The normalized spacial score (nSPS) is 12.7. The standard InChI is InChI=1S/C22H25NO4/c1-4-15(2)21(17-10-6-5-7-11-17)22(26)27-14-20(25)23-19-13-9-8-12-18(19)16(3)24/h5-13,15,21H,4,14H2,1-3H3,(H,23,25). The summed E-state index contributed by atoms with van der Waals surface area (Å²) in [5.41, 5.74) is 1.70. The monoisotopic (exact) mass is 367 g/mol. The summed E-state index contributed by atoms with van der Waals surface area (Å²) in [5.74, 6) is -1.39. The number of ketones is 1. The minimum atomic E-state index is -0.479. The summed E-state index contributed by atoms with van der Waals surface area (Å²) in [5, 5.41) is 2.63. The average Bonchev–Trinajstić information content (AvgIpc) is 2.67. The first kappa shape index (κ1) is 20.4. The number of amides is 1. The van der Waals surface area contributed by atoms with Crippen molar-refractivity contribution in [3.63, 3.8) is 0 Å². The summed E-state index contributed by atoms with van der Waals surface area (Å²) in [7, 11) is 0. The molecule has 0 aliphatic carbocycles. The predicted octanol–water partition coefficient (Wildman–Crippen LogP) is 4.20. The number of rotatable bonds is 8. The number of hydrogen-bond acceptors (Lipinski definition) is 4. The minimum Gasteiger partial charge on any atom is -0.455 e. The lowest BCUT2D eigenvalue weighted by molar-refractivity contribution is -0.150. The zero-order valence-corrected chi connectivity index (χ0v) is 15.9. The van der Waals surface area contributed by atoms with Crippen molar-refractivity contribution in [2.75, 3.05) is 11.9 Å². The second kappa shape index (κ2) is 9.67. The molecule has 2 rings (SSSR count). The van der Waals surface area contributed by atoms with Gasteiger partial charge >= 0.3 is 5.97 Å². The Kier molecular flexibility index (Phi) is 7.29. The third-order valence-electron chi connectivity index (χ3n) is 4.55. The van der Waals surface area contributed by atoms with Gasteiger partial charge in [0.25, 0.3) is 5.91 Å². The van der Waals surface area contributed by atoms with Gasteiger partial charge in [-0.25, -0.2) is 0 Å². The van der Waals surface area contributed by atoms with Crippen LogP contribution in [-0.4, -0.2) is 24.3 Å². The molecular formula is C22H25NO4. The van der Waals surface area contributed by atoms with Crippen LogP contribution in [0.1, 0.15) is 49.0 Å². The topological polar surface area (TPSA) is 72.5 Å². The number of benzene rings is 2. The molecule has 142 valence electrons. The van der Waals surface area contributed by atoms with E-state index in [1.54, 1.807) is 24.3 Å². The molecule has 0 aliphatic rings. The van der Waals surface area contributed by atoms with Crippen molar-refractivity contribution in [2.45, 2.75) is 33.1 Å². The van der Waals surface area contributed by atoms with E-state index < -0.39 is 24.4 Å². The van der Waals surface area contributed by atoms with Crippen molar-refractivity contribution in [1.82, 2.24) is 0 Å². The number of esters is 1. The maximum atomic E-state index is 12.6. The summed E-state index contributed by atoms with van der Waals surface area (Å²) < 4.78 is 5.28. The van der Waals surface area contributed by atoms with Crippen molar-refractivity contribution in [3.8, 4) is 0 Å². The lowest BCUT2D eigenvalue weighted by atomic mass is 9.86. The molecule has 5 nitrogen and oxygen atoms in total. The van der Waals surface area contributed by atoms with Crippen LogP contribution in [0.4, 0.5) is 5.69 Å². The number of carbonyl (C=O) groups is 3. The molecule has 1 N–H and O–H groups in total. The van der Waals surface area contributed by atoms with Gasteiger partial charge in [-0.3, -0.25) is 14.4 Å². The Labute approximate surface area is 159 Å². The zero-order valence-electron chi connectivity index (χ0n) is 15.9. The summed E-state index contributed by atoms with van der Waals surface area (Å²) in [4.78, 5) is 36.4. The van der Waals surface area contributed by atoms with Crippen molar-refractivity contribution >= 4 is 23.3 Å². The fourth-order valence-electron chi connectivity index (χ4n) is 2.90. The Morgan fingerprint density at radius 1 is 1.00 bits per heavy atom. The highest BCUT2D eigenvalue weighted by Crippen LogP contribution is 2.28. The van der Waals surface area contributed by atoms with Crippen LogP contribution in [0.15, 0.2) is 54.6 Å². The Morgan fingerprint density at radius 3 is 2.26 bits per heavy atom. The number of carbonyl (C=O) groups excluding carboxylic acids is 3. The number of Topliss-reactive ketones (excluding diaryl/α,β-unsaturated/α-hetero) is 1. The summed E-state index contributed by atoms with van der Waals surface area (Å²) in [6, 6.07) is 16.2. The molecule has 0 radical (unpaired) electrons. The van der Waals surface area contributed by atoms with Gasteiger partial charge in [-0.15, -0.1) is 0 Å². The molecule has 0 saturated carbocycles. The van der Waals surface area contributed by atoms with Gasteiger partial charge in [-0.2, -0.15) is 0 Å². The SMILES string of the molecule is CCC(C)C(C(=O)OCC(=O)Nc1ccccc1C(C)=O)c1ccccc1. The number of ether oxygens (including phenoxy) is 1. The summed E-state index contributed by atoms with van der Waals surface area (Å²) >= 11 is 0. The van der Waals surface area contributed by atoms with Gasteiger partial charge in [0.05, 0.1) is 11.6 Å². The van der Waals surface area contributed by atoms with Gasteiger partial charge in [0, 0.05) is 5.56 Å². The fourth-order valence-corrected chi connectivity index (χ4v) is 2.90. The van der Waals surface area contributed by atoms with Crippen LogP contribution in [0, 0.1) is 5.92 Å². The predicted molar refractivity (Wildman–Crippen MR) is 105 cm³/mol. The third kappa shape index (κ3) is 5.51. The number of nitrogens with one attached hydrogen (secondary N) is 1. The molecule has 5 heteroatoms. The van der Waals surface area contributed by atoms with E-state index in [1.165, 1.54) is 6.92 Å². The van der Waals surface area contributed by atoms with Crippen LogP contribution in [0.5, 0.6) is 0 Å². The van der Waals surface area contributed by atoms with Crippen LogP contribution >= 0.6 is 0 Å². The van der Waals surface area contributed by atoms with Crippen LogP contribution in [0.3, 0.4) is 0 Å². The van der Waals surface area contributed by atoms with Crippen molar-refractivity contribution in [1.29, 1.82) is 0 Å². The van der Waals surface area contributed by atoms with E-state index in [-0.39, 0.29) is 11.7 Å². The van der Waals surface area contributed by atoms with E-state index in [2.05, 4.69) is 5.32 Å². The smallest absolute Gasteiger partial charge is 0.314 e. The highest BCUT2D eigenvalue weighted by molar-refractivity contribution is 6.04. The largest absolute Gasteiger partial charge is 0.455 e. The van der Waals surface area contributed by atoms with Crippen LogP contribution < -0.4 is 5.32 Å². The quantitative estimate of drug-likeness (QED) is 0.561. The van der Waals surface area contributed by atoms with Crippen LogP contribution in [0.25, 0.3) is 0 Å². The van der Waals surface area contributed by atoms with Gasteiger partial charge in [-0.1, -0.05) is 62.7 Å². The van der Waals surface area contributed by atoms with Gasteiger partial charge in [0.15, 0.2) is 12.4 Å². The Hall–Kier alpha value is -2.95. The van der Waals surface area contributed by atoms with Crippen LogP contribution in [-0.2, 0) is 14.3 Å². The first-order valence-electron chi connectivity index (χ1n) is 9.05. The second-order valence-corrected chi connectivity index (χ2v) is 6.53. The van der Waals surface area contributed by atoms with E-state index >= 15 is 0 Å². The van der Waals surface area contributed by atoms with E-state index in [9.17, 15) is 14.4 Å². The third-order valence-corrected chi connectivity index (χ3v) is 4.55. The van der Waals surface area contributed by atoms with Crippen molar-refractivity contribution < 1.29 is 19.1 Å². The Bertz CT molecular complexity index is 801. The molecule has 0 aromatic heterocycles. The first-order chi connectivity index (χ1) is 12.9. The number of anilines is 1. The van der Waals surface area contributed by atoms with E-state index in [0.717, 1.165) is 12.0 Å². The molecule has 0 saturated heterocycles. The lowest BCUT2D eigenvalue weighted by Gasteiger charge is -2.21. The van der Waals surface area contributed by atoms with Crippen molar-refractivity contribution in [3.05, 3.63) is 65.7 Å². The summed E-state index contributed by atoms with van der Waals surface area (Å²) in [6.45, 7) is 5.04. The second-order valence-electron chi connectivity index (χ2n) is 6.53. The molecule has 0 bridgehead atoms. The number of para-hydroxylation sites is 1. The molecule has 2 aromatic rings. The molecule has 0 heterocycles. The molecule has 27 heavy (non-hydrogen) atoms. The molecular weight excluding hydrogens is 342 g/mol. The maximum absolute atomic E-state index is 12.6. The maximum Gasteiger partial charge on any atom is 0.314 e. The molecule has 2 aromatic carbocycles. The lowest BCUT2D eigenvalue weighted by Crippen LogP contribution is -2.27. The van der Waals surface area contributed by atoms with E-state index in [4.69, 9.17) is 4.74 Å². The van der Waals surface area contributed by atoms with Crippen LogP contribution in [0.2, 0.25) is 0 Å². The van der Waals surface area contributed by atoms with E-state index in [0.29, 0.717) is 11.3 Å². The molecule has 2 atom stereocenters. The fraction of sp³-hybridized carbons (Fsp3) is 0.318. The van der Waals surface area contributed by atoms with Gasteiger partial charge in [-0.05, 0) is 30.5 Å². The minimum absolute atomic E-state index is 0.0846. The highest BCUT2D eigenvalue weighted by Gasteiger charge is 2.27. The van der Waals surface area contributed by atoms with Gasteiger partial charge < -0.3 is 10.1 Å². The molecule has 1 amide bonds. The van der Waals surface area contributed by atoms with Gasteiger partial charge in [0.1, 0.15) is 0 Å². The molecule has 0 spiro atoms. The molecule has 0 aliphatic heterocycles. The first-order valence-corrected chi connectivity index (χ1v) is 9.05. The van der Waals surface area contributed by atoms with E-state index in [1.807, 2.05) is 44.2 Å².